The Morgan fingerprint density at radius 3 is 2.40 bits per heavy atom. The zero-order chi connectivity index (χ0) is 9.80. The van der Waals surface area contributed by atoms with Crippen LogP contribution in [0, 0.1) is 6.42 Å². The Hall–Kier alpha value is -0.513. The molecule has 0 aliphatic carbocycles. The number of nitrogens with zero attached hydrogens (tertiary/aromatic N) is 1. The number of piperidine rings is 1. The molecule has 0 N–H and O–H groups in total. The van der Waals surface area contributed by atoms with Gasteiger partial charge in [-0.25, -0.2) is 0 Å². The molecule has 0 unspecified atom stereocenters. The Balaban J connectivity index is 0.00000112. The third kappa shape index (κ3) is 2.97. The summed E-state index contributed by atoms with van der Waals surface area (Å²) < 4.78 is 0. The molecular formula is C13H18LiN. The number of para-hydroxylation sites is 1. The van der Waals surface area contributed by atoms with Crippen LogP contribution >= 0.6 is 0 Å². The molecular weight excluding hydrogens is 177 g/mol. The van der Waals surface area contributed by atoms with Crippen molar-refractivity contribution < 1.29 is 18.9 Å². The molecule has 1 aliphatic heterocycles. The second-order valence-electron chi connectivity index (χ2n) is 3.90. The fourth-order valence-corrected chi connectivity index (χ4v) is 2.15. The standard InChI is InChI=1S/C13H18N.Li/c1-2-12-8-4-5-9-13(12)14-10-6-3-7-11-14;/h2,4-5,8-9H,3,6-7,10-11H2,1H3;/q-1;+1. The molecule has 0 aromatic heterocycles. The summed E-state index contributed by atoms with van der Waals surface area (Å²) in [7, 11) is 0. The normalized spacial score (nSPS) is 15.7. The van der Waals surface area contributed by atoms with Gasteiger partial charge in [0.1, 0.15) is 0 Å². The van der Waals surface area contributed by atoms with E-state index < -0.39 is 0 Å². The summed E-state index contributed by atoms with van der Waals surface area (Å²) in [6.07, 6.45) is 6.29. The summed E-state index contributed by atoms with van der Waals surface area (Å²) in [5, 5.41) is 0. The average Bonchev–Trinajstić information content (AvgIpc) is 2.30. The molecule has 2 heteroatoms. The topological polar surface area (TPSA) is 3.24 Å². The minimum atomic E-state index is 0. The quantitative estimate of drug-likeness (QED) is 0.483. The maximum atomic E-state index is 2.51. The van der Waals surface area contributed by atoms with E-state index in [4.69, 9.17) is 0 Å². The molecule has 0 amide bonds. The molecule has 0 spiro atoms. The molecule has 0 radical (unpaired) electrons. The van der Waals surface area contributed by atoms with Gasteiger partial charge in [0.25, 0.3) is 0 Å². The van der Waals surface area contributed by atoms with Gasteiger partial charge in [0, 0.05) is 13.1 Å². The smallest absolute Gasteiger partial charge is 0.423 e. The first-order chi connectivity index (χ1) is 6.92. The Kier molecular flexibility index (Phi) is 5.15. The first-order valence-electron chi connectivity index (χ1n) is 5.55. The van der Waals surface area contributed by atoms with Crippen molar-refractivity contribution >= 4 is 5.69 Å². The first-order valence-corrected chi connectivity index (χ1v) is 5.55. The molecule has 0 atom stereocenters. The molecule has 76 valence electrons. The molecule has 0 bridgehead atoms. The van der Waals surface area contributed by atoms with Gasteiger partial charge >= 0.3 is 18.9 Å². The first kappa shape index (κ1) is 12.6. The van der Waals surface area contributed by atoms with Crippen LogP contribution in [-0.2, 0) is 0 Å². The van der Waals surface area contributed by atoms with Gasteiger partial charge in [-0.3, -0.25) is 0 Å². The van der Waals surface area contributed by atoms with Crippen molar-refractivity contribution in [2.45, 2.75) is 26.2 Å². The molecule has 1 aromatic rings. The van der Waals surface area contributed by atoms with Gasteiger partial charge in [0.15, 0.2) is 0 Å². The van der Waals surface area contributed by atoms with Crippen LogP contribution in [0.15, 0.2) is 24.3 Å². The maximum absolute atomic E-state index is 2.51. The summed E-state index contributed by atoms with van der Waals surface area (Å²) in [5.74, 6) is 0. The summed E-state index contributed by atoms with van der Waals surface area (Å²) >= 11 is 0. The monoisotopic (exact) mass is 195 g/mol. The SMILES string of the molecule is C[CH-]c1ccccc1N1CCCCC1.[Li+]. The number of benzene rings is 1. The molecule has 1 saturated heterocycles. The van der Waals surface area contributed by atoms with E-state index >= 15 is 0 Å². The Morgan fingerprint density at radius 2 is 1.73 bits per heavy atom. The summed E-state index contributed by atoms with van der Waals surface area (Å²) in [6, 6.07) is 8.68. The van der Waals surface area contributed by atoms with E-state index in [1.807, 2.05) is 0 Å². The van der Waals surface area contributed by atoms with Gasteiger partial charge in [0.05, 0.1) is 0 Å². The van der Waals surface area contributed by atoms with E-state index in [0.717, 1.165) is 0 Å². The van der Waals surface area contributed by atoms with Crippen LogP contribution in [0.3, 0.4) is 0 Å². The van der Waals surface area contributed by atoms with Crippen LogP contribution in [0.5, 0.6) is 0 Å². The predicted molar refractivity (Wildman–Crippen MR) is 61.6 cm³/mol. The van der Waals surface area contributed by atoms with Crippen molar-refractivity contribution in [1.82, 2.24) is 0 Å². The van der Waals surface area contributed by atoms with Gasteiger partial charge in [-0.1, -0.05) is 31.2 Å². The van der Waals surface area contributed by atoms with Crippen molar-refractivity contribution in [3.05, 3.63) is 36.2 Å². The molecule has 1 nitrogen and oxygen atoms in total. The van der Waals surface area contributed by atoms with Crippen LogP contribution in [0.2, 0.25) is 0 Å². The summed E-state index contributed by atoms with van der Waals surface area (Å²) in [4.78, 5) is 2.51. The zero-order valence-corrected chi connectivity index (χ0v) is 9.87. The van der Waals surface area contributed by atoms with E-state index in [0.29, 0.717) is 0 Å². The molecule has 0 saturated carbocycles. The number of hydrogen-bond donors (Lipinski definition) is 0. The van der Waals surface area contributed by atoms with E-state index in [1.165, 1.54) is 43.6 Å². The van der Waals surface area contributed by atoms with Gasteiger partial charge in [-0.05, 0) is 12.8 Å². The van der Waals surface area contributed by atoms with Gasteiger partial charge < -0.3 is 4.90 Å². The minimum Gasteiger partial charge on any atom is -0.423 e. The molecule has 2 rings (SSSR count). The van der Waals surface area contributed by atoms with E-state index in [2.05, 4.69) is 42.5 Å². The third-order valence-corrected chi connectivity index (χ3v) is 2.94. The molecule has 1 heterocycles. The Labute approximate surface area is 105 Å². The van der Waals surface area contributed by atoms with Crippen molar-refractivity contribution in [3.63, 3.8) is 0 Å². The second-order valence-corrected chi connectivity index (χ2v) is 3.90. The molecule has 1 fully saturated rings. The number of rotatable bonds is 2. The van der Waals surface area contributed by atoms with Crippen LogP contribution in [-0.4, -0.2) is 13.1 Å². The minimum absolute atomic E-state index is 0. The van der Waals surface area contributed by atoms with Crippen LogP contribution in [0.25, 0.3) is 0 Å². The Bertz CT molecular complexity index is 292. The van der Waals surface area contributed by atoms with Gasteiger partial charge in [-0.15, -0.1) is 6.07 Å². The van der Waals surface area contributed by atoms with Gasteiger partial charge in [-0.2, -0.15) is 18.1 Å². The predicted octanol–water partition coefficient (Wildman–Crippen LogP) is 0.253. The van der Waals surface area contributed by atoms with Crippen LogP contribution < -0.4 is 23.8 Å². The van der Waals surface area contributed by atoms with E-state index in [-0.39, 0.29) is 18.9 Å². The molecule has 15 heavy (non-hydrogen) atoms. The fourth-order valence-electron chi connectivity index (χ4n) is 2.15. The van der Waals surface area contributed by atoms with Crippen molar-refractivity contribution in [3.8, 4) is 0 Å². The third-order valence-electron chi connectivity index (χ3n) is 2.94. The summed E-state index contributed by atoms with van der Waals surface area (Å²) in [5.41, 5.74) is 2.78. The zero-order valence-electron chi connectivity index (χ0n) is 9.87. The molecule has 1 aliphatic rings. The molecule has 1 aromatic carbocycles. The average molecular weight is 195 g/mol. The van der Waals surface area contributed by atoms with Crippen molar-refractivity contribution in [2.75, 3.05) is 18.0 Å². The van der Waals surface area contributed by atoms with E-state index in [9.17, 15) is 0 Å². The van der Waals surface area contributed by atoms with E-state index in [1.54, 1.807) is 0 Å². The summed E-state index contributed by atoms with van der Waals surface area (Å²) in [6.45, 7) is 4.57. The number of anilines is 1. The fraction of sp³-hybridized carbons (Fsp3) is 0.462. The largest absolute Gasteiger partial charge is 1.00 e. The van der Waals surface area contributed by atoms with Gasteiger partial charge in [0.2, 0.25) is 0 Å². The maximum Gasteiger partial charge on any atom is 1.00 e. The second kappa shape index (κ2) is 6.15. The van der Waals surface area contributed by atoms with Crippen LogP contribution in [0.1, 0.15) is 31.7 Å². The van der Waals surface area contributed by atoms with Crippen molar-refractivity contribution in [2.24, 2.45) is 0 Å². The van der Waals surface area contributed by atoms with Crippen molar-refractivity contribution in [1.29, 1.82) is 0 Å². The van der Waals surface area contributed by atoms with Crippen LogP contribution in [0.4, 0.5) is 5.69 Å². The number of hydrogen-bond acceptors (Lipinski definition) is 1. The Morgan fingerprint density at radius 1 is 1.07 bits per heavy atom.